The smallest absolute Gasteiger partial charge is 0.326 e. The van der Waals surface area contributed by atoms with Gasteiger partial charge in [-0.15, -0.1) is 0 Å². The molecule has 0 aromatic heterocycles. The van der Waals surface area contributed by atoms with E-state index in [2.05, 4.69) is 10.6 Å². The number of hydrogen-bond donors (Lipinski definition) is 3. The maximum Gasteiger partial charge on any atom is 0.326 e. The number of carboxylic acids is 1. The zero-order valence-corrected chi connectivity index (χ0v) is 11.7. The number of nitrogens with one attached hydrogen (secondary N) is 2. The lowest BCUT2D eigenvalue weighted by atomic mass is 10.2. The lowest BCUT2D eigenvalue weighted by molar-refractivity contribution is -0.139. The molecule has 0 aromatic carbocycles. The molecule has 0 spiro atoms. The van der Waals surface area contributed by atoms with Gasteiger partial charge in [-0.25, -0.2) is 18.0 Å². The van der Waals surface area contributed by atoms with Crippen LogP contribution in [0.3, 0.4) is 0 Å². The molecule has 0 heterocycles. The fraction of sp³-hybridized carbons (Fsp3) is 0.818. The third-order valence-electron chi connectivity index (χ3n) is 3.07. The van der Waals surface area contributed by atoms with Gasteiger partial charge >= 0.3 is 12.0 Å². The second-order valence-electron chi connectivity index (χ2n) is 4.91. The summed E-state index contributed by atoms with van der Waals surface area (Å²) < 4.78 is 22.0. The summed E-state index contributed by atoms with van der Waals surface area (Å²) in [6, 6.07) is -1.65. The number of carbonyl (C=O) groups excluding carboxylic acids is 1. The Morgan fingerprint density at radius 2 is 1.89 bits per heavy atom. The van der Waals surface area contributed by atoms with E-state index >= 15 is 0 Å². The minimum atomic E-state index is -3.25. The number of carboxylic acid groups (broad SMARTS) is 1. The van der Waals surface area contributed by atoms with Gasteiger partial charge in [0.05, 0.1) is 5.75 Å². The van der Waals surface area contributed by atoms with Gasteiger partial charge in [0, 0.05) is 12.3 Å². The topological polar surface area (TPSA) is 113 Å². The van der Waals surface area contributed by atoms with Crippen molar-refractivity contribution in [3.63, 3.8) is 0 Å². The zero-order valence-electron chi connectivity index (χ0n) is 10.9. The molecule has 1 aliphatic carbocycles. The Kier molecular flexibility index (Phi) is 5.59. The van der Waals surface area contributed by atoms with Crippen molar-refractivity contribution < 1.29 is 23.1 Å². The van der Waals surface area contributed by atoms with Crippen LogP contribution in [-0.2, 0) is 14.6 Å². The van der Waals surface area contributed by atoms with Crippen LogP contribution in [-0.4, -0.2) is 49.6 Å². The van der Waals surface area contributed by atoms with E-state index in [1.165, 1.54) is 0 Å². The first kappa shape index (κ1) is 15.7. The minimum absolute atomic E-state index is 0.0874. The van der Waals surface area contributed by atoms with Gasteiger partial charge < -0.3 is 15.7 Å². The largest absolute Gasteiger partial charge is 0.480 e. The maximum atomic E-state index is 11.6. The minimum Gasteiger partial charge on any atom is -0.480 e. The highest BCUT2D eigenvalue weighted by molar-refractivity contribution is 7.90. The predicted molar refractivity (Wildman–Crippen MR) is 69.7 cm³/mol. The fourth-order valence-corrected chi connectivity index (χ4v) is 2.71. The van der Waals surface area contributed by atoms with E-state index < -0.39 is 27.9 Å². The molecule has 1 atom stereocenters. The number of carbonyl (C=O) groups is 2. The van der Waals surface area contributed by atoms with Crippen LogP contribution in [0.25, 0.3) is 0 Å². The van der Waals surface area contributed by atoms with Gasteiger partial charge in [-0.2, -0.15) is 0 Å². The first-order chi connectivity index (χ1) is 8.78. The van der Waals surface area contributed by atoms with Gasteiger partial charge in [-0.05, 0) is 19.3 Å². The van der Waals surface area contributed by atoms with Crippen LogP contribution >= 0.6 is 0 Å². The summed E-state index contributed by atoms with van der Waals surface area (Å²) in [6.07, 6.45) is 4.81. The van der Waals surface area contributed by atoms with E-state index in [1.807, 2.05) is 0 Å². The highest BCUT2D eigenvalue weighted by atomic mass is 32.2. The number of sulfone groups is 1. The van der Waals surface area contributed by atoms with Gasteiger partial charge in [0.15, 0.2) is 0 Å². The third-order valence-corrected chi connectivity index (χ3v) is 4.05. The molecular formula is C11H20N2O5S. The van der Waals surface area contributed by atoms with E-state index in [4.69, 9.17) is 5.11 Å². The van der Waals surface area contributed by atoms with Crippen LogP contribution in [0, 0.1) is 0 Å². The second kappa shape index (κ2) is 6.74. The Labute approximate surface area is 112 Å². The Morgan fingerprint density at radius 3 is 2.37 bits per heavy atom. The Balaban J connectivity index is 2.43. The summed E-state index contributed by atoms with van der Waals surface area (Å²) in [7, 11) is -3.25. The van der Waals surface area contributed by atoms with Crippen molar-refractivity contribution in [2.24, 2.45) is 0 Å². The molecule has 3 N–H and O–H groups in total. The molecule has 1 rings (SSSR count). The monoisotopic (exact) mass is 292 g/mol. The third kappa shape index (κ3) is 6.42. The zero-order chi connectivity index (χ0) is 14.5. The second-order valence-corrected chi connectivity index (χ2v) is 7.17. The number of hydrogen-bond acceptors (Lipinski definition) is 4. The lowest BCUT2D eigenvalue weighted by Crippen LogP contribution is -2.49. The maximum absolute atomic E-state index is 11.6. The van der Waals surface area contributed by atoms with Crippen molar-refractivity contribution in [3.05, 3.63) is 0 Å². The average Bonchev–Trinajstić information content (AvgIpc) is 2.75. The molecule has 8 heteroatoms. The van der Waals surface area contributed by atoms with Gasteiger partial charge in [0.25, 0.3) is 0 Å². The Hall–Kier alpha value is -1.31. The normalized spacial score (nSPS) is 17.9. The molecule has 0 bridgehead atoms. The number of amides is 2. The average molecular weight is 292 g/mol. The number of rotatable bonds is 6. The van der Waals surface area contributed by atoms with Gasteiger partial charge in [-0.1, -0.05) is 12.8 Å². The van der Waals surface area contributed by atoms with E-state index in [0.29, 0.717) is 0 Å². The Morgan fingerprint density at radius 1 is 1.32 bits per heavy atom. The number of urea groups is 1. The van der Waals surface area contributed by atoms with E-state index in [9.17, 15) is 18.0 Å². The van der Waals surface area contributed by atoms with Crippen LogP contribution in [0.2, 0.25) is 0 Å². The van der Waals surface area contributed by atoms with Crippen LogP contribution in [0.15, 0.2) is 0 Å². The summed E-state index contributed by atoms with van der Waals surface area (Å²) in [5, 5.41) is 13.9. The van der Waals surface area contributed by atoms with E-state index in [0.717, 1.165) is 31.9 Å². The summed E-state index contributed by atoms with van der Waals surface area (Å²) in [5.41, 5.74) is 0. The molecule has 0 aliphatic heterocycles. The molecule has 1 fully saturated rings. The molecule has 2 amide bonds. The Bertz CT molecular complexity index is 428. The van der Waals surface area contributed by atoms with Crippen molar-refractivity contribution in [2.45, 2.75) is 44.2 Å². The fourth-order valence-electron chi connectivity index (χ4n) is 2.04. The first-order valence-corrected chi connectivity index (χ1v) is 8.31. The highest BCUT2D eigenvalue weighted by Gasteiger charge is 2.23. The van der Waals surface area contributed by atoms with Crippen LogP contribution in [0.1, 0.15) is 32.1 Å². The lowest BCUT2D eigenvalue weighted by Gasteiger charge is -2.17. The quantitative estimate of drug-likeness (QED) is 0.643. The van der Waals surface area contributed by atoms with Crippen LogP contribution in [0.5, 0.6) is 0 Å². The molecule has 110 valence electrons. The molecule has 7 nitrogen and oxygen atoms in total. The molecule has 19 heavy (non-hydrogen) atoms. The predicted octanol–water partition coefficient (Wildman–Crippen LogP) is 0.116. The van der Waals surface area contributed by atoms with Crippen LogP contribution in [0.4, 0.5) is 4.79 Å². The molecule has 1 saturated carbocycles. The summed E-state index contributed by atoms with van der Waals surface area (Å²) >= 11 is 0. The van der Waals surface area contributed by atoms with Crippen molar-refractivity contribution in [3.8, 4) is 0 Å². The van der Waals surface area contributed by atoms with E-state index in [1.54, 1.807) is 0 Å². The highest BCUT2D eigenvalue weighted by Crippen LogP contribution is 2.17. The van der Waals surface area contributed by atoms with Gasteiger partial charge in [0.2, 0.25) is 0 Å². The molecule has 1 aliphatic rings. The van der Waals surface area contributed by atoms with Crippen molar-refractivity contribution >= 4 is 21.8 Å². The molecule has 0 radical (unpaired) electrons. The van der Waals surface area contributed by atoms with Gasteiger partial charge in [0.1, 0.15) is 15.9 Å². The summed E-state index contributed by atoms with van der Waals surface area (Å²) in [5.74, 6) is -1.50. The molecular weight excluding hydrogens is 272 g/mol. The molecule has 0 aromatic rings. The molecule has 1 unspecified atom stereocenters. The number of aliphatic carboxylic acids is 1. The van der Waals surface area contributed by atoms with Crippen molar-refractivity contribution in [2.75, 3.05) is 12.0 Å². The summed E-state index contributed by atoms with van der Waals surface area (Å²) in [6.45, 7) is 0. The van der Waals surface area contributed by atoms with Crippen molar-refractivity contribution in [1.82, 2.24) is 10.6 Å². The standard InChI is InChI=1S/C11H20N2O5S/c1-19(17,18)7-6-9(10(14)15)13-11(16)12-8-4-2-3-5-8/h8-9H,2-7H2,1H3,(H,14,15)(H2,12,13,16). The first-order valence-electron chi connectivity index (χ1n) is 6.25. The van der Waals surface area contributed by atoms with E-state index in [-0.39, 0.29) is 18.2 Å². The SMILES string of the molecule is CS(=O)(=O)CCC(NC(=O)NC1CCCC1)C(=O)O. The van der Waals surface area contributed by atoms with Crippen molar-refractivity contribution in [1.29, 1.82) is 0 Å². The summed E-state index contributed by atoms with van der Waals surface area (Å²) in [4.78, 5) is 22.6. The van der Waals surface area contributed by atoms with Crippen LogP contribution < -0.4 is 10.6 Å². The van der Waals surface area contributed by atoms with Gasteiger partial charge in [-0.3, -0.25) is 0 Å². The molecule has 0 saturated heterocycles.